The summed E-state index contributed by atoms with van der Waals surface area (Å²) in [6.07, 6.45) is 0. The molecule has 2 rings (SSSR count). The van der Waals surface area contributed by atoms with Gasteiger partial charge >= 0.3 is 29.1 Å². The van der Waals surface area contributed by atoms with Gasteiger partial charge in [-0.05, 0) is 25.0 Å². The molecule has 2 aromatic rings. The maximum Gasteiger partial charge on any atom is -1.00 e. The van der Waals surface area contributed by atoms with Crippen LogP contribution in [0.5, 0.6) is 0 Å². The van der Waals surface area contributed by atoms with Crippen LogP contribution < -0.4 is 4.70 Å². The molecule has 0 unspecified atom stereocenters. The Bertz CT molecular complexity index is 494. The summed E-state index contributed by atoms with van der Waals surface area (Å²) in [5.74, 6) is 0. The molecule has 0 saturated heterocycles. The van der Waals surface area contributed by atoms with Gasteiger partial charge in [-0.3, -0.25) is 0 Å². The molecule has 0 atom stereocenters. The van der Waals surface area contributed by atoms with Gasteiger partial charge in [-0.2, -0.15) is 0 Å². The van der Waals surface area contributed by atoms with E-state index in [9.17, 15) is 21.0 Å². The third kappa shape index (κ3) is 9.91. The summed E-state index contributed by atoms with van der Waals surface area (Å²) in [5.41, 5.74) is 5.19. The second kappa shape index (κ2) is 6.94. The molecular formula is C14H14F6P-. The number of hydrogen-bond acceptors (Lipinski definition) is 0. The molecule has 2 aromatic carbocycles. The first-order valence-corrected chi connectivity index (χ1v) is 7.43. The van der Waals surface area contributed by atoms with Crippen molar-refractivity contribution in [2.75, 3.05) is 0 Å². The van der Waals surface area contributed by atoms with Crippen LogP contribution in [0.3, 0.4) is 0 Å². The Kier molecular flexibility index (Phi) is 6.43. The number of hydrogen-bond donors (Lipinski definition) is 0. The van der Waals surface area contributed by atoms with Crippen LogP contribution >= 0.6 is 8.16 Å². The molecule has 0 bridgehead atoms. The van der Waals surface area contributed by atoms with E-state index in [-0.39, 0.29) is 4.70 Å². The number of aryl methyl sites for hydroxylation is 2. The van der Waals surface area contributed by atoms with E-state index in [2.05, 4.69) is 62.4 Å². The Hall–Kier alpha value is -1.55. The summed E-state index contributed by atoms with van der Waals surface area (Å²) in [6, 6.07) is 17.3. The number of halogens is 6. The van der Waals surface area contributed by atoms with Crippen LogP contribution in [0.2, 0.25) is 0 Å². The van der Waals surface area contributed by atoms with Gasteiger partial charge in [0.2, 0.25) is 0 Å². The maximum atomic E-state index is 9.84. The Morgan fingerprint density at radius 3 is 0.952 bits per heavy atom. The smallest absolute Gasteiger partial charge is 1.00 e. The van der Waals surface area contributed by atoms with Crippen molar-refractivity contribution in [2.24, 2.45) is 0 Å². The average molecular weight is 327 g/mol. The molecular weight excluding hydrogens is 313 g/mol. The Labute approximate surface area is 119 Å². The summed E-state index contributed by atoms with van der Waals surface area (Å²) in [4.78, 5) is 0. The fourth-order valence-electron chi connectivity index (χ4n) is 1.49. The zero-order chi connectivity index (χ0) is 15.4. The third-order valence-corrected chi connectivity index (χ3v) is 2.44. The fraction of sp³-hybridized carbons (Fsp3) is 0.143. The van der Waals surface area contributed by atoms with Crippen LogP contribution in [0, 0.1) is 13.8 Å². The van der Waals surface area contributed by atoms with E-state index < -0.39 is 8.16 Å². The van der Waals surface area contributed by atoms with E-state index in [1.54, 1.807) is 0 Å². The van der Waals surface area contributed by atoms with Crippen molar-refractivity contribution in [2.45, 2.75) is 13.8 Å². The molecule has 0 aliphatic rings. The maximum absolute atomic E-state index is 9.84. The minimum atomic E-state index is -8.55. The molecule has 0 aromatic heterocycles. The molecule has 7 heteroatoms. The molecule has 0 saturated carbocycles. The first-order chi connectivity index (χ1) is 8.99. The van der Waals surface area contributed by atoms with Gasteiger partial charge in [0.25, 0.3) is 0 Å². The monoisotopic (exact) mass is 327 g/mol. The second-order valence-electron chi connectivity index (χ2n) is 4.37. The quantitative estimate of drug-likeness (QED) is 0.550. The normalized spacial score (nSPS) is 12.2. The predicted molar refractivity (Wildman–Crippen MR) is 73.8 cm³/mol. The Morgan fingerprint density at radius 2 is 0.762 bits per heavy atom. The van der Waals surface area contributed by atoms with Crippen LogP contribution in [0.15, 0.2) is 48.5 Å². The Morgan fingerprint density at radius 1 is 0.571 bits per heavy atom. The number of benzene rings is 2. The molecule has 0 spiro atoms. The van der Waals surface area contributed by atoms with E-state index in [4.69, 9.17) is 0 Å². The van der Waals surface area contributed by atoms with Crippen molar-refractivity contribution in [3.05, 3.63) is 59.7 Å². The van der Waals surface area contributed by atoms with Gasteiger partial charge < -0.3 is 4.70 Å². The van der Waals surface area contributed by atoms with Crippen LogP contribution in [-0.2, 0) is 0 Å². The van der Waals surface area contributed by atoms with Crippen molar-refractivity contribution in [1.82, 2.24) is 0 Å². The number of rotatable bonds is 1. The standard InChI is InChI=1S/C14H14.F5P.FH/c1-11-3-7-13(8-4-11)14-9-5-12(2)6-10-14;1-6(2,3,4)5;/h3-10H,1-2H3;;1H/p-1. The summed E-state index contributed by atoms with van der Waals surface area (Å²) in [6.45, 7) is 4.22. The minimum absolute atomic E-state index is 0. The van der Waals surface area contributed by atoms with Crippen LogP contribution in [0.25, 0.3) is 11.1 Å². The van der Waals surface area contributed by atoms with Crippen molar-refractivity contribution in [3.63, 3.8) is 0 Å². The Balaban J connectivity index is 0.000000495. The average Bonchev–Trinajstić information content (AvgIpc) is 2.28. The zero-order valence-corrected chi connectivity index (χ0v) is 12.2. The van der Waals surface area contributed by atoms with Gasteiger partial charge in [-0.25, -0.2) is 0 Å². The van der Waals surface area contributed by atoms with E-state index in [1.165, 1.54) is 22.3 Å². The SMILES string of the molecule is Cc1ccc(-c2ccc(C)cc2)cc1.FP(F)(F)(F)F.[F-]. The predicted octanol–water partition coefficient (Wildman–Crippen LogP) is 3.94. The summed E-state index contributed by atoms with van der Waals surface area (Å²) in [7, 11) is -8.55. The largest absolute Gasteiger partial charge is 1.00 e. The van der Waals surface area contributed by atoms with Gasteiger partial charge in [0, 0.05) is 0 Å². The molecule has 0 fully saturated rings. The first-order valence-electron chi connectivity index (χ1n) is 5.74. The summed E-state index contributed by atoms with van der Waals surface area (Å²) >= 11 is 0. The van der Waals surface area contributed by atoms with Gasteiger partial charge in [0.1, 0.15) is 0 Å². The van der Waals surface area contributed by atoms with Gasteiger partial charge in [-0.1, -0.05) is 59.7 Å². The minimum Gasteiger partial charge on any atom is -1.00 e. The van der Waals surface area contributed by atoms with Crippen molar-refractivity contribution < 1.29 is 25.7 Å². The summed E-state index contributed by atoms with van der Waals surface area (Å²) in [5, 5.41) is 0. The van der Waals surface area contributed by atoms with Gasteiger partial charge in [0.05, 0.1) is 0 Å². The first kappa shape index (κ1) is 19.4. The van der Waals surface area contributed by atoms with E-state index >= 15 is 0 Å². The van der Waals surface area contributed by atoms with Gasteiger partial charge in [-0.15, -0.1) is 0 Å². The van der Waals surface area contributed by atoms with Crippen LogP contribution in [0.1, 0.15) is 11.1 Å². The zero-order valence-electron chi connectivity index (χ0n) is 11.3. The molecule has 0 aliphatic carbocycles. The van der Waals surface area contributed by atoms with Crippen molar-refractivity contribution in [3.8, 4) is 11.1 Å². The van der Waals surface area contributed by atoms with Gasteiger partial charge in [0.15, 0.2) is 0 Å². The molecule has 0 N–H and O–H groups in total. The molecule has 118 valence electrons. The fourth-order valence-corrected chi connectivity index (χ4v) is 1.49. The molecule has 21 heavy (non-hydrogen) atoms. The van der Waals surface area contributed by atoms with Crippen LogP contribution in [-0.4, -0.2) is 0 Å². The van der Waals surface area contributed by atoms with E-state index in [0.717, 1.165) is 0 Å². The molecule has 0 amide bonds. The molecule has 0 aliphatic heterocycles. The van der Waals surface area contributed by atoms with E-state index in [1.807, 2.05) is 0 Å². The molecule has 0 radical (unpaired) electrons. The van der Waals surface area contributed by atoms with Crippen molar-refractivity contribution in [1.29, 1.82) is 0 Å². The van der Waals surface area contributed by atoms with E-state index in [0.29, 0.717) is 0 Å². The second-order valence-corrected chi connectivity index (χ2v) is 5.65. The van der Waals surface area contributed by atoms with Crippen molar-refractivity contribution >= 4 is 8.16 Å². The summed E-state index contributed by atoms with van der Waals surface area (Å²) < 4.78 is 49.2. The van der Waals surface area contributed by atoms with Crippen LogP contribution in [0.4, 0.5) is 21.0 Å². The topological polar surface area (TPSA) is 0 Å². The molecule has 0 heterocycles. The third-order valence-electron chi connectivity index (χ3n) is 2.44. The molecule has 0 nitrogen and oxygen atoms in total.